The molecule has 1 spiro atoms. The van der Waals surface area contributed by atoms with Gasteiger partial charge in [-0.15, -0.1) is 4.36 Å². The van der Waals surface area contributed by atoms with Crippen molar-refractivity contribution in [2.24, 2.45) is 16.2 Å². The highest BCUT2D eigenvalue weighted by Crippen LogP contribution is 2.47. The van der Waals surface area contributed by atoms with Crippen molar-refractivity contribution in [2.45, 2.75) is 69.1 Å². The zero-order valence-electron chi connectivity index (χ0n) is 26.2. The Hall–Kier alpha value is -3.09. The lowest BCUT2D eigenvalue weighted by atomic mass is 9.68. The molecule has 1 saturated carbocycles. The highest BCUT2D eigenvalue weighted by atomic mass is 35.5. The van der Waals surface area contributed by atoms with Crippen LogP contribution < -0.4 is 14.4 Å². The van der Waals surface area contributed by atoms with Crippen LogP contribution >= 0.6 is 11.6 Å². The topological polar surface area (TPSA) is 97.3 Å². The molecule has 2 amide bonds. The van der Waals surface area contributed by atoms with Gasteiger partial charge in [0.05, 0.1) is 24.2 Å². The van der Waals surface area contributed by atoms with Crippen molar-refractivity contribution in [3.8, 4) is 5.75 Å². The fourth-order valence-electron chi connectivity index (χ4n) is 7.51. The standard InChI is InChI=1S/C34H39ClF3N3O5S/c1-45-29-7-3-2-4-15-47(44,39-31(42)18-34(36,37)38)40-32(43)23-9-13-30-28(17-23)41(19-24-8-11-26(24)29)20-33(21-46-30)14-5-6-22-16-25(35)10-12-27(22)33/h3,7,9-10,12-13,16-17,24,26,29H,2,4-6,8,11,14-15,18-21H2,1H3,(H,39,40,42,43,44)/b7-3-/t24-,26+,29-,33-,47?/m0/s1. The van der Waals surface area contributed by atoms with Crippen LogP contribution in [0.4, 0.5) is 18.9 Å². The van der Waals surface area contributed by atoms with Crippen LogP contribution in [-0.4, -0.2) is 60.9 Å². The number of amides is 2. The smallest absolute Gasteiger partial charge is 0.397 e. The molecule has 5 atom stereocenters. The van der Waals surface area contributed by atoms with Gasteiger partial charge in [0.25, 0.3) is 5.91 Å². The maximum Gasteiger partial charge on any atom is 0.397 e. The highest BCUT2D eigenvalue weighted by molar-refractivity contribution is 7.92. The molecule has 13 heteroatoms. The van der Waals surface area contributed by atoms with Gasteiger partial charge in [0.1, 0.15) is 22.1 Å². The summed E-state index contributed by atoms with van der Waals surface area (Å²) < 4.78 is 70.8. The quantitative estimate of drug-likeness (QED) is 0.356. The monoisotopic (exact) mass is 693 g/mol. The van der Waals surface area contributed by atoms with Crippen molar-refractivity contribution >= 4 is 39.0 Å². The number of aryl methyl sites for hydroxylation is 1. The molecule has 2 aliphatic carbocycles. The van der Waals surface area contributed by atoms with E-state index in [1.54, 1.807) is 19.2 Å². The minimum Gasteiger partial charge on any atom is -0.490 e. The Bertz CT molecular complexity index is 1690. The Labute approximate surface area is 278 Å². The third-order valence-electron chi connectivity index (χ3n) is 9.89. The molecule has 0 aromatic heterocycles. The number of carbonyl (C=O) groups excluding carboxylic acids is 2. The van der Waals surface area contributed by atoms with Crippen molar-refractivity contribution in [3.05, 3.63) is 70.3 Å². The number of methoxy groups -OCH3 is 1. The molecule has 6 rings (SSSR count). The Morgan fingerprint density at radius 2 is 2.04 bits per heavy atom. The number of benzene rings is 2. The maximum absolute atomic E-state index is 13.8. The molecule has 2 heterocycles. The molecule has 0 saturated heterocycles. The Kier molecular flexibility index (Phi) is 9.66. The van der Waals surface area contributed by atoms with Gasteiger partial charge in [-0.25, -0.2) is 4.21 Å². The minimum absolute atomic E-state index is 0.105. The molecule has 47 heavy (non-hydrogen) atoms. The normalized spacial score (nSPS) is 30.1. The van der Waals surface area contributed by atoms with Gasteiger partial charge in [-0.2, -0.15) is 13.2 Å². The largest absolute Gasteiger partial charge is 0.490 e. The summed E-state index contributed by atoms with van der Waals surface area (Å²) in [7, 11) is -2.18. The van der Waals surface area contributed by atoms with Crippen molar-refractivity contribution in [3.63, 3.8) is 0 Å². The molecule has 2 bridgehead atoms. The van der Waals surface area contributed by atoms with Crippen LogP contribution in [-0.2, 0) is 31.3 Å². The van der Waals surface area contributed by atoms with Crippen LogP contribution in [0.1, 0.15) is 66.4 Å². The molecule has 0 radical (unpaired) electrons. The first-order chi connectivity index (χ1) is 22.4. The number of nitrogens with one attached hydrogen (secondary N) is 1. The fraction of sp³-hybridized carbons (Fsp3) is 0.529. The number of rotatable bonds is 3. The summed E-state index contributed by atoms with van der Waals surface area (Å²) in [6, 6.07) is 10.9. The first-order valence-electron chi connectivity index (χ1n) is 16.0. The van der Waals surface area contributed by atoms with Gasteiger partial charge in [-0.3, -0.25) is 14.3 Å². The predicted molar refractivity (Wildman–Crippen MR) is 174 cm³/mol. The summed E-state index contributed by atoms with van der Waals surface area (Å²) in [6.45, 7) is 1.75. The average Bonchev–Trinajstić information content (AvgIpc) is 3.13. The van der Waals surface area contributed by atoms with Crippen LogP contribution in [0.15, 0.2) is 52.9 Å². The number of hydrogen-bond donors (Lipinski definition) is 1. The van der Waals surface area contributed by atoms with Crippen molar-refractivity contribution in [2.75, 3.05) is 37.5 Å². The van der Waals surface area contributed by atoms with E-state index in [0.29, 0.717) is 48.5 Å². The first-order valence-corrected chi connectivity index (χ1v) is 18.1. The van der Waals surface area contributed by atoms with Crippen LogP contribution in [0.5, 0.6) is 5.75 Å². The highest BCUT2D eigenvalue weighted by Gasteiger charge is 2.44. The summed E-state index contributed by atoms with van der Waals surface area (Å²) in [5, 5.41) is 0.692. The number of anilines is 1. The fourth-order valence-corrected chi connectivity index (χ4v) is 9.30. The van der Waals surface area contributed by atoms with Gasteiger partial charge in [0, 0.05) is 36.2 Å². The van der Waals surface area contributed by atoms with Gasteiger partial charge in [0.15, 0.2) is 0 Å². The zero-order valence-corrected chi connectivity index (χ0v) is 27.8. The second-order valence-electron chi connectivity index (χ2n) is 13.1. The molecule has 1 fully saturated rings. The van der Waals surface area contributed by atoms with Crippen molar-refractivity contribution in [1.29, 1.82) is 0 Å². The maximum atomic E-state index is 13.8. The third-order valence-corrected chi connectivity index (χ3v) is 12.0. The van der Waals surface area contributed by atoms with Crippen LogP contribution in [0.3, 0.4) is 0 Å². The summed E-state index contributed by atoms with van der Waals surface area (Å²) in [4.78, 5) is 28.0. The van der Waals surface area contributed by atoms with E-state index in [1.807, 2.05) is 29.0 Å². The van der Waals surface area contributed by atoms with Gasteiger partial charge in [-0.05, 0) is 98.2 Å². The first kappa shape index (κ1) is 33.8. The molecule has 2 aromatic rings. The number of ether oxygens (including phenoxy) is 2. The number of alkyl halides is 3. The number of halogens is 4. The van der Waals surface area contributed by atoms with E-state index in [0.717, 1.165) is 32.1 Å². The molecule has 8 nitrogen and oxygen atoms in total. The average molecular weight is 694 g/mol. The van der Waals surface area contributed by atoms with Gasteiger partial charge < -0.3 is 14.4 Å². The van der Waals surface area contributed by atoms with E-state index < -0.39 is 34.3 Å². The number of hydrogen-bond acceptors (Lipinski definition) is 6. The van der Waals surface area contributed by atoms with E-state index in [2.05, 4.69) is 15.3 Å². The number of carbonyl (C=O) groups is 2. The molecule has 254 valence electrons. The molecule has 1 unspecified atom stereocenters. The predicted octanol–water partition coefficient (Wildman–Crippen LogP) is 6.80. The molecule has 2 aliphatic heterocycles. The Balaban J connectivity index is 1.42. The molecular formula is C34H39ClF3N3O5S. The second-order valence-corrected chi connectivity index (χ2v) is 15.6. The number of fused-ring (bicyclic) bond motifs is 4. The molecule has 4 aliphatic rings. The van der Waals surface area contributed by atoms with Crippen LogP contribution in [0, 0.1) is 11.8 Å². The van der Waals surface area contributed by atoms with Crippen LogP contribution in [0.25, 0.3) is 0 Å². The van der Waals surface area contributed by atoms with Crippen LogP contribution in [0.2, 0.25) is 5.02 Å². The molecule has 1 N–H and O–H groups in total. The Morgan fingerprint density at radius 3 is 2.79 bits per heavy atom. The summed E-state index contributed by atoms with van der Waals surface area (Å²) in [6.07, 6.45) is 2.57. The lowest BCUT2D eigenvalue weighted by Crippen LogP contribution is -2.49. The van der Waals surface area contributed by atoms with E-state index in [-0.39, 0.29) is 35.2 Å². The van der Waals surface area contributed by atoms with E-state index in [4.69, 9.17) is 21.1 Å². The van der Waals surface area contributed by atoms with E-state index in [1.165, 1.54) is 17.2 Å². The summed E-state index contributed by atoms with van der Waals surface area (Å²) in [5.41, 5.74) is 2.88. The SMILES string of the molecule is CO[C@H]1/C=C\CCCS(=O)(NC(=O)CC(F)(F)F)=NC(=O)c2ccc3c(c2)N(C[C@@H]2CC[C@H]21)C[C@@]1(CCCc2cc(Cl)ccc21)CO3. The zero-order chi connectivity index (χ0) is 33.4. The number of nitrogens with zero attached hydrogens (tertiary/aromatic N) is 2. The van der Waals surface area contributed by atoms with Crippen molar-refractivity contribution < 1.29 is 36.4 Å². The Morgan fingerprint density at radius 1 is 1.21 bits per heavy atom. The third kappa shape index (κ3) is 7.49. The summed E-state index contributed by atoms with van der Waals surface area (Å²) in [5.74, 6) is -1.50. The van der Waals surface area contributed by atoms with E-state index in [9.17, 15) is 27.0 Å². The molecule has 2 aromatic carbocycles. The minimum atomic E-state index is -4.80. The van der Waals surface area contributed by atoms with Crippen molar-refractivity contribution in [1.82, 2.24) is 4.72 Å². The van der Waals surface area contributed by atoms with Gasteiger partial charge in [-0.1, -0.05) is 29.8 Å². The second kappa shape index (κ2) is 13.4. The number of allylic oxidation sites excluding steroid dienone is 1. The summed E-state index contributed by atoms with van der Waals surface area (Å²) >= 11 is 6.39. The van der Waals surface area contributed by atoms with Gasteiger partial charge in [0.2, 0.25) is 5.91 Å². The molecular weight excluding hydrogens is 655 g/mol. The van der Waals surface area contributed by atoms with Gasteiger partial charge >= 0.3 is 6.18 Å². The lowest BCUT2D eigenvalue weighted by Gasteiger charge is -2.46. The van der Waals surface area contributed by atoms with E-state index >= 15 is 0 Å². The lowest BCUT2D eigenvalue weighted by molar-refractivity contribution is -0.152.